The quantitative estimate of drug-likeness (QED) is 0.912. The largest absolute Gasteiger partial charge is 0.496 e. The van der Waals surface area contributed by atoms with Crippen molar-refractivity contribution in [2.75, 3.05) is 13.7 Å². The van der Waals surface area contributed by atoms with Gasteiger partial charge in [0.05, 0.1) is 7.11 Å². The van der Waals surface area contributed by atoms with Gasteiger partial charge in [0.2, 0.25) is 0 Å². The smallest absolute Gasteiger partial charge is 0.123 e. The summed E-state index contributed by atoms with van der Waals surface area (Å²) < 4.78 is 6.26. The van der Waals surface area contributed by atoms with E-state index in [4.69, 9.17) is 10.5 Å². The molecule has 0 aromatic heterocycles. The molecule has 0 spiro atoms. The SMILES string of the molecule is COc1cccc(Br)c1CCN.Cl. The van der Waals surface area contributed by atoms with Crippen LogP contribution >= 0.6 is 28.3 Å². The van der Waals surface area contributed by atoms with Gasteiger partial charge in [0.25, 0.3) is 0 Å². The molecular weight excluding hydrogens is 253 g/mol. The Morgan fingerprint density at radius 1 is 1.46 bits per heavy atom. The lowest BCUT2D eigenvalue weighted by molar-refractivity contribution is 0.409. The molecule has 2 nitrogen and oxygen atoms in total. The molecule has 1 aromatic rings. The highest BCUT2D eigenvalue weighted by molar-refractivity contribution is 9.10. The van der Waals surface area contributed by atoms with Crippen LogP contribution in [0.2, 0.25) is 0 Å². The number of ether oxygens (including phenoxy) is 1. The lowest BCUT2D eigenvalue weighted by Crippen LogP contribution is -2.04. The third-order valence-corrected chi connectivity index (χ3v) is 2.43. The summed E-state index contributed by atoms with van der Waals surface area (Å²) >= 11 is 3.45. The Bertz CT molecular complexity index is 268. The molecule has 0 heterocycles. The van der Waals surface area contributed by atoms with Crippen molar-refractivity contribution in [3.8, 4) is 5.75 Å². The van der Waals surface area contributed by atoms with Crippen molar-refractivity contribution in [3.05, 3.63) is 28.2 Å². The van der Waals surface area contributed by atoms with Crippen LogP contribution < -0.4 is 10.5 Å². The van der Waals surface area contributed by atoms with Crippen molar-refractivity contribution in [1.82, 2.24) is 0 Å². The van der Waals surface area contributed by atoms with Crippen LogP contribution in [0.5, 0.6) is 5.75 Å². The minimum atomic E-state index is 0. The summed E-state index contributed by atoms with van der Waals surface area (Å²) in [5, 5.41) is 0. The van der Waals surface area contributed by atoms with E-state index in [0.717, 1.165) is 22.2 Å². The number of rotatable bonds is 3. The van der Waals surface area contributed by atoms with E-state index in [1.165, 1.54) is 0 Å². The van der Waals surface area contributed by atoms with E-state index < -0.39 is 0 Å². The molecule has 13 heavy (non-hydrogen) atoms. The standard InChI is InChI=1S/C9H12BrNO.ClH/c1-12-9-4-2-3-8(10)7(9)5-6-11;/h2-4H,5-6,11H2,1H3;1H. The van der Waals surface area contributed by atoms with Gasteiger partial charge in [-0.15, -0.1) is 12.4 Å². The fraction of sp³-hybridized carbons (Fsp3) is 0.333. The summed E-state index contributed by atoms with van der Waals surface area (Å²) in [5.74, 6) is 0.898. The van der Waals surface area contributed by atoms with E-state index in [9.17, 15) is 0 Å². The van der Waals surface area contributed by atoms with E-state index in [-0.39, 0.29) is 12.4 Å². The first-order chi connectivity index (χ1) is 5.79. The Labute approximate surface area is 93.0 Å². The molecular formula is C9H13BrClNO. The van der Waals surface area contributed by atoms with E-state index in [2.05, 4.69) is 15.9 Å². The first-order valence-corrected chi connectivity index (χ1v) is 4.60. The number of nitrogens with two attached hydrogens (primary N) is 1. The lowest BCUT2D eigenvalue weighted by Gasteiger charge is -2.08. The molecule has 0 bridgehead atoms. The van der Waals surface area contributed by atoms with Gasteiger partial charge in [-0.3, -0.25) is 0 Å². The molecule has 0 fully saturated rings. The Morgan fingerprint density at radius 3 is 2.69 bits per heavy atom. The van der Waals surface area contributed by atoms with Gasteiger partial charge in [0.15, 0.2) is 0 Å². The minimum absolute atomic E-state index is 0. The maximum atomic E-state index is 5.48. The summed E-state index contributed by atoms with van der Waals surface area (Å²) in [7, 11) is 1.67. The summed E-state index contributed by atoms with van der Waals surface area (Å²) in [6.07, 6.45) is 0.838. The number of hydrogen-bond acceptors (Lipinski definition) is 2. The summed E-state index contributed by atoms with van der Waals surface area (Å²) in [4.78, 5) is 0. The maximum absolute atomic E-state index is 5.48. The van der Waals surface area contributed by atoms with Crippen molar-refractivity contribution in [3.63, 3.8) is 0 Å². The lowest BCUT2D eigenvalue weighted by atomic mass is 10.1. The predicted molar refractivity (Wildman–Crippen MR) is 60.7 cm³/mol. The Balaban J connectivity index is 0.00000144. The van der Waals surface area contributed by atoms with Gasteiger partial charge < -0.3 is 10.5 Å². The van der Waals surface area contributed by atoms with Gasteiger partial charge in [-0.05, 0) is 25.1 Å². The highest BCUT2D eigenvalue weighted by atomic mass is 79.9. The Morgan fingerprint density at radius 2 is 2.15 bits per heavy atom. The van der Waals surface area contributed by atoms with Crippen LogP contribution in [0.4, 0.5) is 0 Å². The van der Waals surface area contributed by atoms with E-state index in [1.54, 1.807) is 7.11 Å². The van der Waals surface area contributed by atoms with Gasteiger partial charge in [-0.1, -0.05) is 22.0 Å². The molecule has 4 heteroatoms. The van der Waals surface area contributed by atoms with Crippen LogP contribution in [0.1, 0.15) is 5.56 Å². The van der Waals surface area contributed by atoms with Crippen LogP contribution in [-0.4, -0.2) is 13.7 Å². The normalized spacial score (nSPS) is 9.15. The van der Waals surface area contributed by atoms with Gasteiger partial charge in [0.1, 0.15) is 5.75 Å². The summed E-state index contributed by atoms with van der Waals surface area (Å²) in [6.45, 7) is 0.638. The third kappa shape index (κ3) is 3.18. The van der Waals surface area contributed by atoms with Gasteiger partial charge in [-0.2, -0.15) is 0 Å². The van der Waals surface area contributed by atoms with Crippen molar-refractivity contribution < 1.29 is 4.74 Å². The van der Waals surface area contributed by atoms with Crippen molar-refractivity contribution >= 4 is 28.3 Å². The van der Waals surface area contributed by atoms with Crippen molar-refractivity contribution in [2.45, 2.75) is 6.42 Å². The molecule has 0 aliphatic rings. The molecule has 1 aromatic carbocycles. The zero-order valence-corrected chi connectivity index (χ0v) is 9.82. The zero-order chi connectivity index (χ0) is 8.97. The molecule has 0 saturated heterocycles. The average Bonchev–Trinajstić information content (AvgIpc) is 2.09. The van der Waals surface area contributed by atoms with Crippen molar-refractivity contribution in [1.29, 1.82) is 0 Å². The molecule has 1 rings (SSSR count). The first kappa shape index (κ1) is 12.8. The Kier molecular flexibility index (Phi) is 6.12. The summed E-state index contributed by atoms with van der Waals surface area (Å²) in [5.41, 5.74) is 6.62. The average molecular weight is 267 g/mol. The fourth-order valence-electron chi connectivity index (χ4n) is 1.12. The molecule has 2 N–H and O–H groups in total. The highest BCUT2D eigenvalue weighted by Gasteiger charge is 2.04. The second-order valence-electron chi connectivity index (χ2n) is 2.46. The number of halogens is 2. The van der Waals surface area contributed by atoms with E-state index in [0.29, 0.717) is 6.54 Å². The van der Waals surface area contributed by atoms with Gasteiger partial charge in [0, 0.05) is 10.0 Å². The summed E-state index contributed by atoms with van der Waals surface area (Å²) in [6, 6.07) is 5.88. The molecule has 0 aliphatic carbocycles. The monoisotopic (exact) mass is 265 g/mol. The molecule has 0 saturated carbocycles. The second-order valence-corrected chi connectivity index (χ2v) is 3.31. The third-order valence-electron chi connectivity index (χ3n) is 1.69. The van der Waals surface area contributed by atoms with Crippen LogP contribution in [0.15, 0.2) is 22.7 Å². The molecule has 0 unspecified atom stereocenters. The van der Waals surface area contributed by atoms with Gasteiger partial charge in [-0.25, -0.2) is 0 Å². The van der Waals surface area contributed by atoms with Gasteiger partial charge >= 0.3 is 0 Å². The number of hydrogen-bond donors (Lipinski definition) is 1. The molecule has 0 amide bonds. The Hall–Kier alpha value is -0.250. The fourth-order valence-corrected chi connectivity index (χ4v) is 1.66. The minimum Gasteiger partial charge on any atom is -0.496 e. The van der Waals surface area contributed by atoms with Crippen LogP contribution in [0, 0.1) is 0 Å². The topological polar surface area (TPSA) is 35.2 Å². The maximum Gasteiger partial charge on any atom is 0.123 e. The molecule has 74 valence electrons. The zero-order valence-electron chi connectivity index (χ0n) is 7.42. The first-order valence-electron chi connectivity index (χ1n) is 3.81. The number of benzene rings is 1. The predicted octanol–water partition coefficient (Wildman–Crippen LogP) is 2.38. The van der Waals surface area contributed by atoms with Crippen molar-refractivity contribution in [2.24, 2.45) is 5.73 Å². The van der Waals surface area contributed by atoms with Crippen LogP contribution in [0.25, 0.3) is 0 Å². The second kappa shape index (κ2) is 6.24. The molecule has 0 atom stereocenters. The van der Waals surface area contributed by atoms with E-state index >= 15 is 0 Å². The number of methoxy groups -OCH3 is 1. The van der Waals surface area contributed by atoms with E-state index in [1.807, 2.05) is 18.2 Å². The highest BCUT2D eigenvalue weighted by Crippen LogP contribution is 2.26. The molecule has 0 aliphatic heterocycles. The van der Waals surface area contributed by atoms with Crippen LogP contribution in [-0.2, 0) is 6.42 Å². The van der Waals surface area contributed by atoms with Crippen LogP contribution in [0.3, 0.4) is 0 Å². The molecule has 0 radical (unpaired) electrons.